The van der Waals surface area contributed by atoms with Crippen molar-refractivity contribution in [3.05, 3.63) is 89.0 Å². The van der Waals surface area contributed by atoms with Gasteiger partial charge >= 0.3 is 0 Å². The largest absolute Gasteiger partial charge is 0.507 e. The van der Waals surface area contributed by atoms with E-state index in [4.69, 9.17) is 0 Å². The van der Waals surface area contributed by atoms with Gasteiger partial charge in [0.25, 0.3) is 11.8 Å². The van der Waals surface area contributed by atoms with Crippen LogP contribution >= 0.6 is 0 Å². The number of hydrogen-bond donors (Lipinski definition) is 3. The third-order valence-corrected chi connectivity index (χ3v) is 4.43. The molecule has 4 rings (SSSR count). The summed E-state index contributed by atoms with van der Waals surface area (Å²) in [5.41, 5.74) is 7.51. The van der Waals surface area contributed by atoms with Gasteiger partial charge in [-0.15, -0.1) is 0 Å². The third kappa shape index (κ3) is 2.83. The van der Waals surface area contributed by atoms with Crippen LogP contribution in [0.2, 0.25) is 0 Å². The normalized spacial score (nSPS) is 11.5. The molecule has 0 aliphatic heterocycles. The van der Waals surface area contributed by atoms with Gasteiger partial charge in [0.15, 0.2) is 5.78 Å². The minimum atomic E-state index is -0.647. The van der Waals surface area contributed by atoms with Crippen molar-refractivity contribution in [1.29, 1.82) is 0 Å². The first kappa shape index (κ1) is 16.5. The highest BCUT2D eigenvalue weighted by Gasteiger charge is 2.27. The topological polar surface area (TPSA) is 95.5 Å². The van der Waals surface area contributed by atoms with E-state index in [9.17, 15) is 19.5 Å². The number of phenols is 1. The zero-order chi connectivity index (χ0) is 19.0. The Morgan fingerprint density at radius 1 is 0.704 bits per heavy atom. The molecular weight excluding hydrogens is 344 g/mol. The maximum absolute atomic E-state index is 12.5. The van der Waals surface area contributed by atoms with Crippen molar-refractivity contribution >= 4 is 17.6 Å². The fourth-order valence-electron chi connectivity index (χ4n) is 3.09. The van der Waals surface area contributed by atoms with Crippen LogP contribution in [0, 0.1) is 0 Å². The molecule has 27 heavy (non-hydrogen) atoms. The number of rotatable bonds is 2. The molecule has 132 valence electrons. The highest BCUT2D eigenvalue weighted by Crippen LogP contribution is 2.36. The molecule has 3 N–H and O–H groups in total. The number of carbonyl (C=O) groups excluding carboxylic acids is 3. The second-order valence-electron chi connectivity index (χ2n) is 6.06. The summed E-state index contributed by atoms with van der Waals surface area (Å²) in [6, 6.07) is 18.1. The van der Waals surface area contributed by atoms with E-state index in [1.54, 1.807) is 36.4 Å². The van der Waals surface area contributed by atoms with Crippen LogP contribution in [-0.4, -0.2) is 22.7 Å². The number of fused-ring (bicyclic) bond motifs is 3. The zero-order valence-electron chi connectivity index (χ0n) is 14.0. The number of hydrogen-bond acceptors (Lipinski definition) is 4. The number of aromatic hydroxyl groups is 1. The van der Waals surface area contributed by atoms with Crippen molar-refractivity contribution in [1.82, 2.24) is 10.9 Å². The van der Waals surface area contributed by atoms with Crippen LogP contribution in [0.1, 0.15) is 36.6 Å². The summed E-state index contributed by atoms with van der Waals surface area (Å²) >= 11 is 0. The number of nitrogens with one attached hydrogen (secondary N) is 2. The van der Waals surface area contributed by atoms with E-state index in [0.29, 0.717) is 11.1 Å². The van der Waals surface area contributed by atoms with E-state index in [-0.39, 0.29) is 22.7 Å². The van der Waals surface area contributed by atoms with Crippen molar-refractivity contribution in [2.45, 2.75) is 0 Å². The van der Waals surface area contributed by atoms with Crippen molar-refractivity contribution in [3.8, 4) is 16.9 Å². The second kappa shape index (κ2) is 6.42. The first-order valence-corrected chi connectivity index (χ1v) is 8.23. The average Bonchev–Trinajstić information content (AvgIpc) is 2.98. The predicted octanol–water partition coefficient (Wildman–Crippen LogP) is 2.68. The van der Waals surface area contributed by atoms with Gasteiger partial charge in [0.1, 0.15) is 5.75 Å². The van der Waals surface area contributed by atoms with Crippen molar-refractivity contribution in [2.24, 2.45) is 0 Å². The van der Waals surface area contributed by atoms with Crippen LogP contribution in [-0.2, 0) is 0 Å². The smallest absolute Gasteiger partial charge is 0.273 e. The lowest BCUT2D eigenvalue weighted by atomic mass is 10.0. The highest BCUT2D eigenvalue weighted by molar-refractivity contribution is 6.22. The van der Waals surface area contributed by atoms with Gasteiger partial charge in [-0.1, -0.05) is 42.5 Å². The lowest BCUT2D eigenvalue weighted by molar-refractivity contribution is 0.0845. The Kier molecular flexibility index (Phi) is 3.93. The average molecular weight is 358 g/mol. The second-order valence-corrected chi connectivity index (χ2v) is 6.06. The Morgan fingerprint density at radius 3 is 2.11 bits per heavy atom. The van der Waals surface area contributed by atoms with E-state index in [1.807, 2.05) is 12.1 Å². The lowest BCUT2D eigenvalue weighted by Crippen LogP contribution is -2.41. The quantitative estimate of drug-likeness (QED) is 0.480. The molecule has 0 atom stereocenters. The Morgan fingerprint density at radius 2 is 1.33 bits per heavy atom. The number of ketones is 1. The number of phenolic OH excluding ortho intramolecular Hbond substituents is 1. The summed E-state index contributed by atoms with van der Waals surface area (Å²) in [6.45, 7) is 0. The van der Waals surface area contributed by atoms with Crippen molar-refractivity contribution in [2.75, 3.05) is 0 Å². The molecule has 0 aromatic heterocycles. The van der Waals surface area contributed by atoms with E-state index >= 15 is 0 Å². The predicted molar refractivity (Wildman–Crippen MR) is 98.3 cm³/mol. The first-order chi connectivity index (χ1) is 13.1. The van der Waals surface area contributed by atoms with E-state index in [0.717, 1.165) is 11.1 Å². The van der Waals surface area contributed by atoms with Crippen LogP contribution < -0.4 is 10.9 Å². The molecule has 6 nitrogen and oxygen atoms in total. The molecule has 2 amide bonds. The molecule has 0 saturated heterocycles. The van der Waals surface area contributed by atoms with Crippen molar-refractivity contribution in [3.63, 3.8) is 0 Å². The number of amides is 2. The molecule has 1 aliphatic rings. The van der Waals surface area contributed by atoms with Crippen LogP contribution in [0.25, 0.3) is 11.1 Å². The third-order valence-electron chi connectivity index (χ3n) is 4.43. The summed E-state index contributed by atoms with van der Waals surface area (Å²) in [7, 11) is 0. The maximum Gasteiger partial charge on any atom is 0.273 e. The fraction of sp³-hybridized carbons (Fsp3) is 0. The summed E-state index contributed by atoms with van der Waals surface area (Å²) in [5.74, 6) is -1.53. The first-order valence-electron chi connectivity index (χ1n) is 8.23. The van der Waals surface area contributed by atoms with Crippen molar-refractivity contribution < 1.29 is 19.5 Å². The molecule has 0 heterocycles. The Labute approximate surface area is 154 Å². The van der Waals surface area contributed by atoms with Crippen LogP contribution in [0.5, 0.6) is 5.75 Å². The molecule has 0 saturated carbocycles. The monoisotopic (exact) mass is 358 g/mol. The SMILES string of the molecule is O=C(NNC(=O)c1ccccc1O)c1ccc2c(c1)C(=O)c1ccccc1-2. The van der Waals surface area contributed by atoms with Gasteiger partial charge in [0, 0.05) is 16.7 Å². The van der Waals surface area contributed by atoms with Crippen LogP contribution in [0.3, 0.4) is 0 Å². The van der Waals surface area contributed by atoms with E-state index in [2.05, 4.69) is 10.9 Å². The Bertz CT molecular complexity index is 1100. The summed E-state index contributed by atoms with van der Waals surface area (Å²) in [6.07, 6.45) is 0. The van der Waals surface area contributed by atoms with Gasteiger partial charge in [0.2, 0.25) is 0 Å². The van der Waals surface area contributed by atoms with E-state index < -0.39 is 11.8 Å². The fourth-order valence-corrected chi connectivity index (χ4v) is 3.09. The molecule has 0 unspecified atom stereocenters. The standard InChI is InChI=1S/C21H14N2O4/c24-18-8-4-3-7-16(18)21(27)23-22-20(26)12-9-10-14-13-5-1-2-6-15(13)19(25)17(14)11-12/h1-11,24H,(H,22,26)(H,23,27). The highest BCUT2D eigenvalue weighted by atomic mass is 16.3. The van der Waals surface area contributed by atoms with Crippen LogP contribution in [0.4, 0.5) is 0 Å². The molecule has 6 heteroatoms. The number of hydrazine groups is 1. The van der Waals surface area contributed by atoms with Gasteiger partial charge in [-0.25, -0.2) is 0 Å². The molecule has 0 radical (unpaired) electrons. The number of carbonyl (C=O) groups is 3. The molecule has 0 spiro atoms. The zero-order valence-corrected chi connectivity index (χ0v) is 14.0. The van der Waals surface area contributed by atoms with Crippen LogP contribution in [0.15, 0.2) is 66.7 Å². The molecule has 3 aromatic carbocycles. The van der Waals surface area contributed by atoms with Gasteiger partial charge in [-0.2, -0.15) is 0 Å². The maximum atomic E-state index is 12.5. The molecule has 0 fully saturated rings. The number of para-hydroxylation sites is 1. The van der Waals surface area contributed by atoms with Gasteiger partial charge in [-0.3, -0.25) is 25.2 Å². The molecular formula is C21H14N2O4. The van der Waals surface area contributed by atoms with Gasteiger partial charge in [-0.05, 0) is 35.4 Å². The number of benzene rings is 3. The van der Waals surface area contributed by atoms with Gasteiger partial charge in [0.05, 0.1) is 5.56 Å². The summed E-state index contributed by atoms with van der Waals surface area (Å²) in [5, 5.41) is 9.67. The summed E-state index contributed by atoms with van der Waals surface area (Å²) in [4.78, 5) is 36.9. The van der Waals surface area contributed by atoms with Gasteiger partial charge < -0.3 is 5.11 Å². The summed E-state index contributed by atoms with van der Waals surface area (Å²) < 4.78 is 0. The van der Waals surface area contributed by atoms with E-state index in [1.165, 1.54) is 18.2 Å². The Balaban J connectivity index is 1.52. The molecule has 3 aromatic rings. The minimum Gasteiger partial charge on any atom is -0.507 e. The molecule has 1 aliphatic carbocycles. The minimum absolute atomic E-state index is 0.0392. The lowest BCUT2D eigenvalue weighted by Gasteiger charge is -2.09. The Hall–Kier alpha value is -3.93. The molecule has 0 bridgehead atoms.